The van der Waals surface area contributed by atoms with Gasteiger partial charge in [0.1, 0.15) is 5.60 Å². The summed E-state index contributed by atoms with van der Waals surface area (Å²) in [6.45, 7) is 1.16. The number of nitrogens with zero attached hydrogens (tertiary/aromatic N) is 1. The Morgan fingerprint density at radius 2 is 2.17 bits per heavy atom. The molecule has 0 bridgehead atoms. The molecule has 0 radical (unpaired) electrons. The van der Waals surface area contributed by atoms with Crippen LogP contribution >= 0.6 is 0 Å². The van der Waals surface area contributed by atoms with Crippen LogP contribution in [0.4, 0.5) is 0 Å². The Hall–Kier alpha value is -0.870. The van der Waals surface area contributed by atoms with Crippen molar-refractivity contribution < 1.29 is 14.3 Å². The van der Waals surface area contributed by atoms with Gasteiger partial charge in [-0.3, -0.25) is 0 Å². The number of ether oxygens (including phenoxy) is 1. The van der Waals surface area contributed by atoms with E-state index >= 15 is 0 Å². The van der Waals surface area contributed by atoms with Crippen LogP contribution in [0.1, 0.15) is 18.6 Å². The van der Waals surface area contributed by atoms with Gasteiger partial charge < -0.3 is 14.3 Å². The van der Waals surface area contributed by atoms with E-state index in [1.165, 1.54) is 6.39 Å². The van der Waals surface area contributed by atoms with Crippen molar-refractivity contribution in [1.29, 1.82) is 0 Å². The summed E-state index contributed by atoms with van der Waals surface area (Å²) in [4.78, 5) is 3.78. The Labute approximate surface area is 70.2 Å². The topological polar surface area (TPSA) is 55.5 Å². The summed E-state index contributed by atoms with van der Waals surface area (Å²) in [6, 6.07) is 0. The van der Waals surface area contributed by atoms with E-state index in [9.17, 15) is 5.11 Å². The number of aromatic nitrogens is 1. The van der Waals surface area contributed by atoms with Crippen molar-refractivity contribution in [2.75, 3.05) is 13.2 Å². The van der Waals surface area contributed by atoms with Gasteiger partial charge in [-0.2, -0.15) is 0 Å². The zero-order valence-corrected chi connectivity index (χ0v) is 6.69. The van der Waals surface area contributed by atoms with Crippen LogP contribution in [0.3, 0.4) is 0 Å². The number of hydrogen-bond donors (Lipinski definition) is 1. The lowest BCUT2D eigenvalue weighted by atomic mass is 9.92. The van der Waals surface area contributed by atoms with Crippen molar-refractivity contribution in [2.45, 2.75) is 18.4 Å². The summed E-state index contributed by atoms with van der Waals surface area (Å²) in [5.41, 5.74) is -0.852. The number of oxazole rings is 1. The first kappa shape index (κ1) is 7.76. The summed E-state index contributed by atoms with van der Waals surface area (Å²) in [7, 11) is 0. The maximum atomic E-state index is 10.0. The SMILES string of the molecule is OC1(c2cnco2)CCOCC1. The van der Waals surface area contributed by atoms with Crippen LogP contribution in [0.2, 0.25) is 0 Å². The zero-order valence-electron chi connectivity index (χ0n) is 6.69. The molecule has 1 aliphatic rings. The molecule has 0 unspecified atom stereocenters. The van der Waals surface area contributed by atoms with Crippen LogP contribution < -0.4 is 0 Å². The smallest absolute Gasteiger partial charge is 0.181 e. The molecule has 0 amide bonds. The Morgan fingerprint density at radius 1 is 1.42 bits per heavy atom. The molecule has 0 aliphatic carbocycles. The standard InChI is InChI=1S/C8H11NO3/c10-8(1-3-11-4-2-8)7-5-9-6-12-7/h5-6,10H,1-4H2. The molecule has 4 heteroatoms. The molecule has 0 spiro atoms. The van der Waals surface area contributed by atoms with Gasteiger partial charge in [-0.25, -0.2) is 4.98 Å². The highest BCUT2D eigenvalue weighted by molar-refractivity contribution is 5.04. The number of hydrogen-bond acceptors (Lipinski definition) is 4. The zero-order chi connectivity index (χ0) is 8.44. The average molecular weight is 169 g/mol. The molecule has 1 aromatic heterocycles. The summed E-state index contributed by atoms with van der Waals surface area (Å²) in [5.74, 6) is 0.547. The van der Waals surface area contributed by atoms with Crippen LogP contribution in [0.5, 0.6) is 0 Å². The van der Waals surface area contributed by atoms with Crippen LogP contribution in [0, 0.1) is 0 Å². The molecule has 2 rings (SSSR count). The Bertz CT molecular complexity index is 239. The highest BCUT2D eigenvalue weighted by atomic mass is 16.5. The van der Waals surface area contributed by atoms with Crippen LogP contribution in [0.15, 0.2) is 17.0 Å². The fraction of sp³-hybridized carbons (Fsp3) is 0.625. The largest absolute Gasteiger partial charge is 0.445 e. The summed E-state index contributed by atoms with van der Waals surface area (Å²) < 4.78 is 10.2. The summed E-state index contributed by atoms with van der Waals surface area (Å²) in [5, 5.41) is 10.0. The van der Waals surface area contributed by atoms with Gasteiger partial charge in [0.25, 0.3) is 0 Å². The summed E-state index contributed by atoms with van der Waals surface area (Å²) >= 11 is 0. The molecule has 1 aromatic rings. The van der Waals surface area contributed by atoms with E-state index < -0.39 is 5.60 Å². The maximum Gasteiger partial charge on any atom is 0.181 e. The second-order valence-corrected chi connectivity index (χ2v) is 3.01. The minimum atomic E-state index is -0.852. The molecule has 4 nitrogen and oxygen atoms in total. The van der Waals surface area contributed by atoms with E-state index in [-0.39, 0.29) is 0 Å². The maximum absolute atomic E-state index is 10.0. The molecule has 12 heavy (non-hydrogen) atoms. The third-order valence-electron chi connectivity index (χ3n) is 2.21. The van der Waals surface area contributed by atoms with Gasteiger partial charge in [0.05, 0.1) is 6.20 Å². The van der Waals surface area contributed by atoms with Crippen LogP contribution in [0.25, 0.3) is 0 Å². The second kappa shape index (κ2) is 2.88. The van der Waals surface area contributed by atoms with E-state index in [0.717, 1.165) is 0 Å². The lowest BCUT2D eigenvalue weighted by molar-refractivity contribution is -0.0800. The van der Waals surface area contributed by atoms with Gasteiger partial charge in [-0.1, -0.05) is 0 Å². The van der Waals surface area contributed by atoms with Gasteiger partial charge >= 0.3 is 0 Å². The fourth-order valence-electron chi connectivity index (χ4n) is 1.40. The molecule has 0 aromatic carbocycles. The van der Waals surface area contributed by atoms with Crippen LogP contribution in [-0.2, 0) is 10.3 Å². The molecule has 1 N–H and O–H groups in total. The fourth-order valence-corrected chi connectivity index (χ4v) is 1.40. The van der Waals surface area contributed by atoms with Gasteiger partial charge in [0.15, 0.2) is 12.2 Å². The van der Waals surface area contributed by atoms with Crippen molar-refractivity contribution in [3.63, 3.8) is 0 Å². The van der Waals surface area contributed by atoms with E-state index in [1.54, 1.807) is 6.20 Å². The van der Waals surface area contributed by atoms with Gasteiger partial charge in [-0.15, -0.1) is 0 Å². The Morgan fingerprint density at radius 3 is 2.75 bits per heavy atom. The van der Waals surface area contributed by atoms with E-state index in [4.69, 9.17) is 9.15 Å². The van der Waals surface area contributed by atoms with Crippen molar-refractivity contribution in [3.05, 3.63) is 18.4 Å². The number of rotatable bonds is 1. The normalized spacial score (nSPS) is 22.4. The molecular formula is C8H11NO3. The molecule has 0 saturated carbocycles. The lowest BCUT2D eigenvalue weighted by Gasteiger charge is -2.29. The number of aliphatic hydroxyl groups is 1. The van der Waals surface area contributed by atoms with Crippen molar-refractivity contribution >= 4 is 0 Å². The highest BCUT2D eigenvalue weighted by Gasteiger charge is 2.34. The predicted octanol–water partition coefficient (Wildman–Crippen LogP) is 0.673. The Balaban J connectivity index is 2.19. The molecule has 66 valence electrons. The first-order valence-electron chi connectivity index (χ1n) is 4.00. The minimum absolute atomic E-state index is 0.547. The second-order valence-electron chi connectivity index (χ2n) is 3.01. The highest BCUT2D eigenvalue weighted by Crippen LogP contribution is 2.31. The van der Waals surface area contributed by atoms with E-state index in [0.29, 0.717) is 31.8 Å². The van der Waals surface area contributed by atoms with E-state index in [1.807, 2.05) is 0 Å². The molecule has 1 aliphatic heterocycles. The molecule has 1 fully saturated rings. The van der Waals surface area contributed by atoms with Gasteiger partial charge in [0, 0.05) is 26.1 Å². The van der Waals surface area contributed by atoms with Crippen molar-refractivity contribution in [1.82, 2.24) is 4.98 Å². The first-order valence-corrected chi connectivity index (χ1v) is 4.00. The lowest BCUT2D eigenvalue weighted by Crippen LogP contribution is -2.32. The molecule has 1 saturated heterocycles. The first-order chi connectivity index (χ1) is 5.81. The molecule has 0 atom stereocenters. The van der Waals surface area contributed by atoms with Gasteiger partial charge in [-0.05, 0) is 0 Å². The van der Waals surface area contributed by atoms with Crippen LogP contribution in [-0.4, -0.2) is 23.3 Å². The average Bonchev–Trinajstić information content (AvgIpc) is 2.58. The van der Waals surface area contributed by atoms with Gasteiger partial charge in [0.2, 0.25) is 0 Å². The summed E-state index contributed by atoms with van der Waals surface area (Å²) in [6.07, 6.45) is 4.07. The third-order valence-corrected chi connectivity index (χ3v) is 2.21. The van der Waals surface area contributed by atoms with Crippen molar-refractivity contribution in [3.8, 4) is 0 Å². The third kappa shape index (κ3) is 1.23. The van der Waals surface area contributed by atoms with Crippen molar-refractivity contribution in [2.24, 2.45) is 0 Å². The van der Waals surface area contributed by atoms with E-state index in [2.05, 4.69) is 4.98 Å². The monoisotopic (exact) mass is 169 g/mol. The molecular weight excluding hydrogens is 158 g/mol. The molecule has 2 heterocycles. The minimum Gasteiger partial charge on any atom is -0.445 e. The predicted molar refractivity (Wildman–Crippen MR) is 40.5 cm³/mol. The Kier molecular flexibility index (Phi) is 1.86. The quantitative estimate of drug-likeness (QED) is 0.671.